The minimum atomic E-state index is -0.531. The molecule has 1 heterocycles. The van der Waals surface area contributed by atoms with Crippen molar-refractivity contribution >= 4 is 23.1 Å². The van der Waals surface area contributed by atoms with Gasteiger partial charge in [0, 0.05) is 51.2 Å². The maximum Gasteiger partial charge on any atom is 0.270 e. The highest BCUT2D eigenvalue weighted by atomic mass is 16.6. The molecule has 8 nitrogen and oxygen atoms in total. The molecule has 21 heavy (non-hydrogen) atoms. The first-order valence-electron chi connectivity index (χ1n) is 6.15. The molecule has 0 aliphatic rings. The lowest BCUT2D eigenvalue weighted by Gasteiger charge is -2.16. The largest absolute Gasteiger partial charge is 0.377 e. The topological polar surface area (TPSA) is 93.3 Å². The SMILES string of the molecule is CN(C)c1ccc([N+](=O)[O-])cc1C(=O)Nc1ccn(C)n1. The van der Waals surface area contributed by atoms with Crippen molar-refractivity contribution in [3.63, 3.8) is 0 Å². The molecule has 2 rings (SSSR count). The summed E-state index contributed by atoms with van der Waals surface area (Å²) >= 11 is 0. The molecule has 1 aromatic heterocycles. The van der Waals surface area contributed by atoms with E-state index in [0.717, 1.165) is 0 Å². The predicted octanol–water partition coefficient (Wildman–Crippen LogP) is 1.65. The molecule has 0 saturated carbocycles. The second-order valence-electron chi connectivity index (χ2n) is 4.68. The van der Waals surface area contributed by atoms with E-state index >= 15 is 0 Å². The Morgan fingerprint density at radius 2 is 2.10 bits per heavy atom. The van der Waals surface area contributed by atoms with Gasteiger partial charge in [-0.2, -0.15) is 5.10 Å². The van der Waals surface area contributed by atoms with Crippen LogP contribution in [0.25, 0.3) is 0 Å². The summed E-state index contributed by atoms with van der Waals surface area (Å²) in [6.07, 6.45) is 1.69. The van der Waals surface area contributed by atoms with Crippen molar-refractivity contribution in [1.29, 1.82) is 0 Å². The molecule has 8 heteroatoms. The summed E-state index contributed by atoms with van der Waals surface area (Å²) in [5.74, 6) is -0.0557. The highest BCUT2D eigenvalue weighted by Crippen LogP contribution is 2.25. The maximum atomic E-state index is 12.3. The van der Waals surface area contributed by atoms with Crippen LogP contribution in [0.5, 0.6) is 0 Å². The Bertz CT molecular complexity index is 693. The minimum absolute atomic E-state index is 0.133. The van der Waals surface area contributed by atoms with Gasteiger partial charge in [0.05, 0.1) is 10.5 Å². The molecule has 0 aliphatic heterocycles. The number of aromatic nitrogens is 2. The summed E-state index contributed by atoms with van der Waals surface area (Å²) in [6, 6.07) is 5.82. The quantitative estimate of drug-likeness (QED) is 0.682. The summed E-state index contributed by atoms with van der Waals surface area (Å²) in [7, 11) is 5.26. The van der Waals surface area contributed by atoms with E-state index in [1.54, 1.807) is 49.1 Å². The highest BCUT2D eigenvalue weighted by molar-refractivity contribution is 6.08. The van der Waals surface area contributed by atoms with E-state index in [4.69, 9.17) is 0 Å². The number of hydrogen-bond donors (Lipinski definition) is 1. The molecule has 2 aromatic rings. The van der Waals surface area contributed by atoms with Gasteiger partial charge >= 0.3 is 0 Å². The van der Waals surface area contributed by atoms with E-state index < -0.39 is 10.8 Å². The lowest BCUT2D eigenvalue weighted by Crippen LogP contribution is -2.19. The number of nitrogens with zero attached hydrogens (tertiary/aromatic N) is 4. The first kappa shape index (κ1) is 14.5. The van der Waals surface area contributed by atoms with Crippen molar-refractivity contribution in [2.75, 3.05) is 24.3 Å². The highest BCUT2D eigenvalue weighted by Gasteiger charge is 2.18. The Morgan fingerprint density at radius 3 is 2.62 bits per heavy atom. The lowest BCUT2D eigenvalue weighted by atomic mass is 10.1. The third kappa shape index (κ3) is 3.16. The summed E-state index contributed by atoms with van der Waals surface area (Å²) in [5, 5.41) is 17.5. The van der Waals surface area contributed by atoms with Gasteiger partial charge in [0.15, 0.2) is 5.82 Å². The smallest absolute Gasteiger partial charge is 0.270 e. The van der Waals surface area contributed by atoms with Gasteiger partial charge in [0.2, 0.25) is 0 Å². The summed E-state index contributed by atoms with van der Waals surface area (Å²) in [5.41, 5.74) is 0.681. The zero-order valence-corrected chi connectivity index (χ0v) is 11.9. The fraction of sp³-hybridized carbons (Fsp3) is 0.231. The Balaban J connectivity index is 2.37. The van der Waals surface area contributed by atoms with Gasteiger partial charge in [-0.1, -0.05) is 0 Å². The number of aryl methyl sites for hydroxylation is 1. The number of nitro groups is 1. The Hall–Kier alpha value is -2.90. The number of anilines is 2. The van der Waals surface area contributed by atoms with Crippen LogP contribution in [-0.2, 0) is 7.05 Å². The van der Waals surface area contributed by atoms with E-state index in [2.05, 4.69) is 10.4 Å². The molecule has 0 atom stereocenters. The van der Waals surface area contributed by atoms with Crippen molar-refractivity contribution in [3.05, 3.63) is 46.1 Å². The molecule has 0 saturated heterocycles. The van der Waals surface area contributed by atoms with Crippen molar-refractivity contribution in [3.8, 4) is 0 Å². The average molecular weight is 289 g/mol. The van der Waals surface area contributed by atoms with E-state index in [1.807, 2.05) is 0 Å². The van der Waals surface area contributed by atoms with Gasteiger partial charge in [0.25, 0.3) is 11.6 Å². The Morgan fingerprint density at radius 1 is 1.38 bits per heavy atom. The zero-order valence-electron chi connectivity index (χ0n) is 11.9. The lowest BCUT2D eigenvalue weighted by molar-refractivity contribution is -0.384. The summed E-state index contributed by atoms with van der Waals surface area (Å²) < 4.78 is 1.55. The Labute approximate surface area is 121 Å². The molecule has 1 amide bonds. The van der Waals surface area contributed by atoms with Crippen LogP contribution in [0.4, 0.5) is 17.2 Å². The Kier molecular flexibility index (Phi) is 3.88. The molecule has 0 radical (unpaired) electrons. The third-order valence-corrected chi connectivity index (χ3v) is 2.87. The average Bonchev–Trinajstić information content (AvgIpc) is 2.83. The number of rotatable bonds is 4. The van der Waals surface area contributed by atoms with Crippen LogP contribution in [0.15, 0.2) is 30.5 Å². The normalized spacial score (nSPS) is 10.2. The number of carbonyl (C=O) groups excluding carboxylic acids is 1. The van der Waals surface area contributed by atoms with Crippen LogP contribution in [-0.4, -0.2) is 34.7 Å². The van der Waals surface area contributed by atoms with Gasteiger partial charge in [-0.15, -0.1) is 0 Å². The van der Waals surface area contributed by atoms with Crippen molar-refractivity contribution < 1.29 is 9.72 Å². The van der Waals surface area contributed by atoms with E-state index in [9.17, 15) is 14.9 Å². The van der Waals surface area contributed by atoms with Crippen LogP contribution >= 0.6 is 0 Å². The molecule has 1 N–H and O–H groups in total. The second-order valence-corrected chi connectivity index (χ2v) is 4.68. The van der Waals surface area contributed by atoms with Crippen LogP contribution in [0.3, 0.4) is 0 Å². The van der Waals surface area contributed by atoms with E-state index in [1.165, 1.54) is 12.1 Å². The predicted molar refractivity (Wildman–Crippen MR) is 78.6 cm³/mol. The number of nitro benzene ring substituents is 1. The van der Waals surface area contributed by atoms with Gasteiger partial charge in [-0.3, -0.25) is 19.6 Å². The molecule has 0 aliphatic carbocycles. The summed E-state index contributed by atoms with van der Waals surface area (Å²) in [4.78, 5) is 24.4. The van der Waals surface area contributed by atoms with Crippen LogP contribution in [0.2, 0.25) is 0 Å². The van der Waals surface area contributed by atoms with Gasteiger partial charge in [0.1, 0.15) is 0 Å². The minimum Gasteiger partial charge on any atom is -0.377 e. The standard InChI is InChI=1S/C13H15N5O3/c1-16(2)11-5-4-9(18(20)21)8-10(11)13(19)14-12-6-7-17(3)15-12/h4-8H,1-3H3,(H,14,15,19). The van der Waals surface area contributed by atoms with Crippen molar-refractivity contribution in [2.24, 2.45) is 7.05 Å². The summed E-state index contributed by atoms with van der Waals surface area (Å²) in [6.45, 7) is 0. The van der Waals surface area contributed by atoms with Gasteiger partial charge in [-0.25, -0.2) is 0 Å². The molecular formula is C13H15N5O3. The van der Waals surface area contributed by atoms with Crippen LogP contribution < -0.4 is 10.2 Å². The number of carbonyl (C=O) groups is 1. The molecule has 0 fully saturated rings. The fourth-order valence-electron chi connectivity index (χ4n) is 1.87. The number of amides is 1. The first-order valence-corrected chi connectivity index (χ1v) is 6.15. The molecule has 0 spiro atoms. The molecule has 0 bridgehead atoms. The molecule has 1 aromatic carbocycles. The number of hydrogen-bond acceptors (Lipinski definition) is 5. The van der Waals surface area contributed by atoms with Gasteiger partial charge in [-0.05, 0) is 6.07 Å². The van der Waals surface area contributed by atoms with Crippen LogP contribution in [0, 0.1) is 10.1 Å². The second kappa shape index (κ2) is 5.61. The number of nitrogens with one attached hydrogen (secondary N) is 1. The van der Waals surface area contributed by atoms with E-state index in [-0.39, 0.29) is 11.3 Å². The third-order valence-electron chi connectivity index (χ3n) is 2.87. The zero-order chi connectivity index (χ0) is 15.6. The number of non-ortho nitro benzene ring substituents is 1. The monoisotopic (exact) mass is 289 g/mol. The van der Waals surface area contributed by atoms with Gasteiger partial charge < -0.3 is 10.2 Å². The van der Waals surface area contributed by atoms with E-state index in [0.29, 0.717) is 11.5 Å². The van der Waals surface area contributed by atoms with Crippen molar-refractivity contribution in [2.45, 2.75) is 0 Å². The maximum absolute atomic E-state index is 12.3. The molecule has 110 valence electrons. The molecular weight excluding hydrogens is 274 g/mol. The van der Waals surface area contributed by atoms with Crippen molar-refractivity contribution in [1.82, 2.24) is 9.78 Å². The first-order chi connectivity index (χ1) is 9.88. The fourth-order valence-corrected chi connectivity index (χ4v) is 1.87. The molecule has 0 unspecified atom stereocenters. The van der Waals surface area contributed by atoms with Crippen LogP contribution in [0.1, 0.15) is 10.4 Å². The number of benzene rings is 1.